The molecule has 0 amide bonds. The summed E-state index contributed by atoms with van der Waals surface area (Å²) in [5.41, 5.74) is 3.36. The van der Waals surface area contributed by atoms with Gasteiger partial charge in [0.1, 0.15) is 6.61 Å². The van der Waals surface area contributed by atoms with Gasteiger partial charge in [-0.1, -0.05) is 11.2 Å². The van der Waals surface area contributed by atoms with Gasteiger partial charge in [-0.3, -0.25) is 0 Å². The van der Waals surface area contributed by atoms with E-state index in [4.69, 9.17) is 19.5 Å². The molecule has 0 unspecified atom stereocenters. The van der Waals surface area contributed by atoms with E-state index in [0.29, 0.717) is 11.5 Å². The summed E-state index contributed by atoms with van der Waals surface area (Å²) in [5, 5.41) is 4.73. The second-order valence-electron chi connectivity index (χ2n) is 12.3. The smallest absolute Gasteiger partial charge is 0.161 e. The molecule has 0 N–H and O–H groups in total. The van der Waals surface area contributed by atoms with Crippen LogP contribution in [-0.4, -0.2) is 51.1 Å². The van der Waals surface area contributed by atoms with Gasteiger partial charge in [0.15, 0.2) is 11.5 Å². The molecule has 1 heterocycles. The van der Waals surface area contributed by atoms with Gasteiger partial charge in [0, 0.05) is 17.9 Å². The Morgan fingerprint density at radius 2 is 1.68 bits per heavy atom. The molecular weight excluding hydrogens is 424 g/mol. The molecule has 5 heteroatoms. The Bertz CT molecular complexity index is 908. The average molecular weight is 467 g/mol. The van der Waals surface area contributed by atoms with E-state index >= 15 is 0 Å². The maximum absolute atomic E-state index is 6.03. The number of ether oxygens (including phenoxy) is 2. The minimum absolute atomic E-state index is 0.159. The fraction of sp³-hybridized carbons (Fsp3) is 0.759. The summed E-state index contributed by atoms with van der Waals surface area (Å²) in [4.78, 5) is 8.56. The molecule has 1 aromatic carbocycles. The molecule has 4 bridgehead atoms. The van der Waals surface area contributed by atoms with Crippen LogP contribution in [0, 0.1) is 23.2 Å². The third-order valence-electron chi connectivity index (χ3n) is 10.4. The van der Waals surface area contributed by atoms with E-state index in [1.165, 1.54) is 62.6 Å². The highest BCUT2D eigenvalue weighted by Gasteiger charge is 2.51. The van der Waals surface area contributed by atoms with Crippen LogP contribution in [0.5, 0.6) is 11.5 Å². The van der Waals surface area contributed by atoms with Crippen LogP contribution in [0.2, 0.25) is 0 Å². The molecule has 186 valence electrons. The highest BCUT2D eigenvalue weighted by molar-refractivity contribution is 5.86. The topological polar surface area (TPSA) is 43.3 Å². The number of methoxy groups -OCH3 is 2. The van der Waals surface area contributed by atoms with E-state index in [1.54, 1.807) is 14.2 Å². The Hall–Kier alpha value is -1.75. The lowest BCUT2D eigenvalue weighted by atomic mass is 9.49. The minimum Gasteiger partial charge on any atom is -0.493 e. The van der Waals surface area contributed by atoms with Crippen molar-refractivity contribution in [3.63, 3.8) is 0 Å². The molecule has 6 fully saturated rings. The first-order chi connectivity index (χ1) is 16.5. The van der Waals surface area contributed by atoms with Crippen molar-refractivity contribution in [2.45, 2.75) is 82.1 Å². The Balaban J connectivity index is 1.11. The summed E-state index contributed by atoms with van der Waals surface area (Å²) >= 11 is 0. The molecule has 34 heavy (non-hydrogen) atoms. The van der Waals surface area contributed by atoms with Crippen molar-refractivity contribution in [3.05, 3.63) is 23.8 Å². The standard InChI is InChI=1S/C29H42N2O3/c1-31-10-8-29(23-4-5-25(32-2)26(15-23)33-3)7-6-24(16-27(29)31)30-34-11-9-28-17-20-12-21(18-28)14-22(13-20)19-28/h4-5,15,20-22,27H,6-14,16-19H2,1-3H3/b30-24+/t20?,21?,22?,27-,28?,29-/m0/s1. The van der Waals surface area contributed by atoms with Gasteiger partial charge in [0.05, 0.1) is 19.9 Å². The van der Waals surface area contributed by atoms with Crippen LogP contribution in [0.15, 0.2) is 23.4 Å². The van der Waals surface area contributed by atoms with E-state index in [9.17, 15) is 0 Å². The van der Waals surface area contributed by atoms with Crippen LogP contribution in [0.1, 0.15) is 76.2 Å². The molecule has 7 rings (SSSR count). The molecule has 1 aliphatic heterocycles. The third-order valence-corrected chi connectivity index (χ3v) is 10.4. The first-order valence-electron chi connectivity index (χ1n) is 13.6. The van der Waals surface area contributed by atoms with Gasteiger partial charge in [-0.25, -0.2) is 0 Å². The average Bonchev–Trinajstić information content (AvgIpc) is 3.17. The van der Waals surface area contributed by atoms with Gasteiger partial charge in [-0.05, 0) is 119 Å². The van der Waals surface area contributed by atoms with E-state index < -0.39 is 0 Å². The van der Waals surface area contributed by atoms with Crippen molar-refractivity contribution < 1.29 is 14.3 Å². The van der Waals surface area contributed by atoms with Crippen LogP contribution < -0.4 is 9.47 Å². The predicted octanol–water partition coefficient (Wildman–Crippen LogP) is 5.81. The lowest BCUT2D eigenvalue weighted by molar-refractivity contribution is -0.0688. The highest BCUT2D eigenvalue weighted by atomic mass is 16.6. The van der Waals surface area contributed by atoms with Gasteiger partial charge in [0.25, 0.3) is 0 Å². The lowest BCUT2D eigenvalue weighted by Gasteiger charge is -2.56. The first-order valence-corrected chi connectivity index (χ1v) is 13.6. The molecule has 1 saturated heterocycles. The first kappa shape index (κ1) is 22.7. The Morgan fingerprint density at radius 3 is 2.35 bits per heavy atom. The predicted molar refractivity (Wildman–Crippen MR) is 135 cm³/mol. The van der Waals surface area contributed by atoms with Crippen LogP contribution >= 0.6 is 0 Å². The molecule has 0 spiro atoms. The molecule has 0 aromatic heterocycles. The molecule has 6 aliphatic rings. The van der Waals surface area contributed by atoms with E-state index in [0.717, 1.165) is 61.7 Å². The summed E-state index contributed by atoms with van der Waals surface area (Å²) in [6, 6.07) is 6.98. The summed E-state index contributed by atoms with van der Waals surface area (Å²) in [6.07, 6.45) is 14.5. The zero-order chi connectivity index (χ0) is 23.3. The van der Waals surface area contributed by atoms with Crippen molar-refractivity contribution in [1.82, 2.24) is 4.90 Å². The van der Waals surface area contributed by atoms with Gasteiger partial charge >= 0.3 is 0 Å². The van der Waals surface area contributed by atoms with E-state index in [2.05, 4.69) is 30.1 Å². The molecule has 1 aromatic rings. The number of hydrogen-bond acceptors (Lipinski definition) is 5. The molecule has 0 radical (unpaired) electrons. The number of fused-ring (bicyclic) bond motifs is 1. The molecule has 5 aliphatic carbocycles. The molecule has 2 atom stereocenters. The van der Waals surface area contributed by atoms with Gasteiger partial charge in [-0.15, -0.1) is 0 Å². The number of benzene rings is 1. The monoisotopic (exact) mass is 466 g/mol. The quantitative estimate of drug-likeness (QED) is 0.376. The number of nitrogens with zero attached hydrogens (tertiary/aromatic N) is 2. The number of rotatable bonds is 7. The second-order valence-corrected chi connectivity index (χ2v) is 12.3. The van der Waals surface area contributed by atoms with Gasteiger partial charge in [0.2, 0.25) is 0 Å². The van der Waals surface area contributed by atoms with Crippen molar-refractivity contribution in [2.75, 3.05) is 34.4 Å². The number of oxime groups is 1. The summed E-state index contributed by atoms with van der Waals surface area (Å²) in [7, 11) is 5.70. The van der Waals surface area contributed by atoms with Crippen LogP contribution in [0.25, 0.3) is 0 Å². The SMILES string of the molecule is COc1ccc([C@@]23CC/C(=N\OCCC45CC6CC(CC(C6)C4)C5)C[C@@H]2N(C)CC3)cc1OC. The maximum atomic E-state index is 6.03. The van der Waals surface area contributed by atoms with Crippen molar-refractivity contribution in [3.8, 4) is 11.5 Å². The highest BCUT2D eigenvalue weighted by Crippen LogP contribution is 2.61. The van der Waals surface area contributed by atoms with E-state index in [-0.39, 0.29) is 5.41 Å². The van der Waals surface area contributed by atoms with E-state index in [1.807, 2.05) is 0 Å². The van der Waals surface area contributed by atoms with Crippen molar-refractivity contribution in [1.29, 1.82) is 0 Å². The van der Waals surface area contributed by atoms with Crippen LogP contribution in [0.4, 0.5) is 0 Å². The number of hydrogen-bond donors (Lipinski definition) is 0. The third kappa shape index (κ3) is 3.83. The summed E-state index contributed by atoms with van der Waals surface area (Å²) in [6.45, 7) is 1.93. The normalized spacial score (nSPS) is 39.9. The molecule has 5 saturated carbocycles. The maximum Gasteiger partial charge on any atom is 0.161 e. The molecular formula is C29H42N2O3. The molecule has 5 nitrogen and oxygen atoms in total. The largest absolute Gasteiger partial charge is 0.493 e. The number of likely N-dealkylation sites (N-methyl/N-ethyl adjacent to an activating group) is 1. The van der Waals surface area contributed by atoms with Gasteiger partial charge in [-0.2, -0.15) is 0 Å². The second kappa shape index (κ2) is 8.72. The Morgan fingerprint density at radius 1 is 0.971 bits per heavy atom. The van der Waals surface area contributed by atoms with Crippen molar-refractivity contribution in [2.24, 2.45) is 28.3 Å². The summed E-state index contributed by atoms with van der Waals surface area (Å²) in [5.74, 6) is 4.67. The zero-order valence-corrected chi connectivity index (χ0v) is 21.4. The van der Waals surface area contributed by atoms with Crippen LogP contribution in [-0.2, 0) is 10.3 Å². The minimum atomic E-state index is 0.159. The number of likely N-dealkylation sites (tertiary alicyclic amines) is 1. The fourth-order valence-electron chi connectivity index (χ4n) is 9.16. The lowest BCUT2D eigenvalue weighted by Crippen LogP contribution is -2.46. The Kier molecular flexibility index (Phi) is 5.82. The Labute approximate surface area is 205 Å². The van der Waals surface area contributed by atoms with Gasteiger partial charge < -0.3 is 19.2 Å². The summed E-state index contributed by atoms with van der Waals surface area (Å²) < 4.78 is 11.1. The van der Waals surface area contributed by atoms with Crippen molar-refractivity contribution >= 4 is 5.71 Å². The fourth-order valence-corrected chi connectivity index (χ4v) is 9.16. The van der Waals surface area contributed by atoms with Crippen LogP contribution in [0.3, 0.4) is 0 Å². The zero-order valence-electron chi connectivity index (χ0n) is 21.4.